The van der Waals surface area contributed by atoms with Crippen LogP contribution in [0.15, 0.2) is 24.3 Å². The Bertz CT molecular complexity index is 418. The van der Waals surface area contributed by atoms with Crippen LogP contribution in [0.1, 0.15) is 25.8 Å². The standard InChI is InChI=1S/C15H22ClNO2/c1-15(2,8-9-16)11-17-14(18)10-12-6-4-5-7-13(12)19-3/h4-7H,8-11H2,1-3H3,(H,17,18). The lowest BCUT2D eigenvalue weighted by molar-refractivity contribution is -0.120. The van der Waals surface area contributed by atoms with Gasteiger partial charge in [-0.3, -0.25) is 4.79 Å². The van der Waals surface area contributed by atoms with Crippen molar-refractivity contribution in [3.05, 3.63) is 29.8 Å². The Balaban J connectivity index is 2.52. The van der Waals surface area contributed by atoms with E-state index in [1.54, 1.807) is 7.11 Å². The van der Waals surface area contributed by atoms with Gasteiger partial charge in [-0.1, -0.05) is 32.0 Å². The van der Waals surface area contributed by atoms with E-state index in [9.17, 15) is 4.79 Å². The summed E-state index contributed by atoms with van der Waals surface area (Å²) in [4.78, 5) is 11.9. The predicted octanol–water partition coefficient (Wildman–Crippen LogP) is 3.01. The average molecular weight is 284 g/mol. The minimum Gasteiger partial charge on any atom is -0.496 e. The summed E-state index contributed by atoms with van der Waals surface area (Å²) in [7, 11) is 1.61. The minimum absolute atomic E-state index is 0.00662. The lowest BCUT2D eigenvalue weighted by Crippen LogP contribution is -2.35. The highest BCUT2D eigenvalue weighted by atomic mass is 35.5. The van der Waals surface area contributed by atoms with E-state index in [1.165, 1.54) is 0 Å². The van der Waals surface area contributed by atoms with Crippen LogP contribution in [-0.4, -0.2) is 25.4 Å². The normalized spacial score (nSPS) is 11.2. The van der Waals surface area contributed by atoms with Crippen molar-refractivity contribution in [1.82, 2.24) is 5.32 Å². The van der Waals surface area contributed by atoms with Crippen LogP contribution in [0.5, 0.6) is 5.75 Å². The second-order valence-electron chi connectivity index (χ2n) is 5.37. The molecule has 1 aromatic carbocycles. The van der Waals surface area contributed by atoms with Crippen LogP contribution >= 0.6 is 11.6 Å². The molecule has 0 saturated carbocycles. The van der Waals surface area contributed by atoms with Crippen molar-refractivity contribution >= 4 is 17.5 Å². The molecule has 1 amide bonds. The number of rotatable bonds is 7. The molecule has 0 aliphatic heterocycles. The maximum Gasteiger partial charge on any atom is 0.224 e. The van der Waals surface area contributed by atoms with Crippen molar-refractivity contribution in [2.45, 2.75) is 26.7 Å². The van der Waals surface area contributed by atoms with Crippen molar-refractivity contribution in [2.24, 2.45) is 5.41 Å². The number of carbonyl (C=O) groups excluding carboxylic acids is 1. The second kappa shape index (κ2) is 7.39. The molecule has 106 valence electrons. The molecule has 0 fully saturated rings. The van der Waals surface area contributed by atoms with Gasteiger partial charge in [0.05, 0.1) is 13.5 Å². The zero-order chi connectivity index (χ0) is 14.3. The van der Waals surface area contributed by atoms with E-state index in [4.69, 9.17) is 16.3 Å². The van der Waals surface area contributed by atoms with Crippen molar-refractivity contribution in [1.29, 1.82) is 0 Å². The number of amides is 1. The van der Waals surface area contributed by atoms with Crippen molar-refractivity contribution in [3.8, 4) is 5.75 Å². The topological polar surface area (TPSA) is 38.3 Å². The van der Waals surface area contributed by atoms with Crippen molar-refractivity contribution in [2.75, 3.05) is 19.5 Å². The fourth-order valence-electron chi connectivity index (χ4n) is 1.77. The third-order valence-electron chi connectivity index (χ3n) is 3.08. The maximum absolute atomic E-state index is 11.9. The Hall–Kier alpha value is -1.22. The van der Waals surface area contributed by atoms with Crippen molar-refractivity contribution in [3.63, 3.8) is 0 Å². The molecule has 1 aromatic rings. The number of benzene rings is 1. The van der Waals surface area contributed by atoms with Gasteiger partial charge >= 0.3 is 0 Å². The van der Waals surface area contributed by atoms with Gasteiger partial charge in [-0.15, -0.1) is 11.6 Å². The zero-order valence-electron chi connectivity index (χ0n) is 11.8. The molecule has 0 aliphatic rings. The third-order valence-corrected chi connectivity index (χ3v) is 3.27. The quantitative estimate of drug-likeness (QED) is 0.781. The number of methoxy groups -OCH3 is 1. The minimum atomic E-state index is 0.00662. The van der Waals surface area contributed by atoms with Crippen LogP contribution in [0, 0.1) is 5.41 Å². The SMILES string of the molecule is COc1ccccc1CC(=O)NCC(C)(C)CCCl. The number of alkyl halides is 1. The van der Waals surface area contributed by atoms with Crippen molar-refractivity contribution < 1.29 is 9.53 Å². The summed E-state index contributed by atoms with van der Waals surface area (Å²) in [6.07, 6.45) is 1.21. The number of hydrogen-bond donors (Lipinski definition) is 1. The summed E-state index contributed by atoms with van der Waals surface area (Å²) in [6.45, 7) is 4.82. The molecule has 4 heteroatoms. The van der Waals surface area contributed by atoms with Gasteiger partial charge in [-0.2, -0.15) is 0 Å². The van der Waals surface area contributed by atoms with Crippen LogP contribution < -0.4 is 10.1 Å². The number of halogens is 1. The highest BCUT2D eigenvalue weighted by molar-refractivity contribution is 6.17. The fourth-order valence-corrected chi connectivity index (χ4v) is 2.28. The average Bonchev–Trinajstić information content (AvgIpc) is 2.37. The zero-order valence-corrected chi connectivity index (χ0v) is 12.6. The molecule has 0 aliphatic carbocycles. The third kappa shape index (κ3) is 5.52. The van der Waals surface area contributed by atoms with Gasteiger partial charge in [0, 0.05) is 18.0 Å². The van der Waals surface area contributed by atoms with Crippen LogP contribution in [0.2, 0.25) is 0 Å². The smallest absolute Gasteiger partial charge is 0.224 e. The largest absolute Gasteiger partial charge is 0.496 e. The molecule has 19 heavy (non-hydrogen) atoms. The van der Waals surface area contributed by atoms with E-state index in [2.05, 4.69) is 19.2 Å². The van der Waals surface area contributed by atoms with Gasteiger partial charge in [-0.05, 0) is 17.9 Å². The first-order chi connectivity index (χ1) is 8.98. The lowest BCUT2D eigenvalue weighted by Gasteiger charge is -2.23. The first-order valence-corrected chi connectivity index (χ1v) is 6.96. The molecule has 0 bridgehead atoms. The van der Waals surface area contributed by atoms with Gasteiger partial charge in [0.1, 0.15) is 5.75 Å². The fraction of sp³-hybridized carbons (Fsp3) is 0.533. The Labute approximate surface area is 120 Å². The van der Waals surface area contributed by atoms with E-state index < -0.39 is 0 Å². The molecule has 1 rings (SSSR count). The monoisotopic (exact) mass is 283 g/mol. The molecular weight excluding hydrogens is 262 g/mol. The van der Waals surface area contributed by atoms with Gasteiger partial charge in [0.25, 0.3) is 0 Å². The molecule has 0 radical (unpaired) electrons. The number of nitrogens with one attached hydrogen (secondary N) is 1. The molecule has 0 unspecified atom stereocenters. The molecule has 1 N–H and O–H groups in total. The Morgan fingerprint density at radius 1 is 1.37 bits per heavy atom. The van der Waals surface area contributed by atoms with Crippen LogP contribution in [0.25, 0.3) is 0 Å². The molecule has 3 nitrogen and oxygen atoms in total. The Kier molecular flexibility index (Phi) is 6.16. The second-order valence-corrected chi connectivity index (χ2v) is 5.75. The summed E-state index contributed by atoms with van der Waals surface area (Å²) in [5, 5.41) is 2.95. The molecule has 0 heterocycles. The number of carbonyl (C=O) groups is 1. The lowest BCUT2D eigenvalue weighted by atomic mass is 9.90. The Morgan fingerprint density at radius 2 is 2.05 bits per heavy atom. The molecule has 0 atom stereocenters. The molecule has 0 spiro atoms. The number of hydrogen-bond acceptors (Lipinski definition) is 2. The highest BCUT2D eigenvalue weighted by Crippen LogP contribution is 2.20. The van der Waals surface area contributed by atoms with Crippen LogP contribution in [0.3, 0.4) is 0 Å². The van der Waals surface area contributed by atoms with Crippen LogP contribution in [-0.2, 0) is 11.2 Å². The first kappa shape index (κ1) is 15.8. The maximum atomic E-state index is 11.9. The van der Waals surface area contributed by atoms with Gasteiger partial charge in [0.15, 0.2) is 0 Å². The summed E-state index contributed by atoms with van der Waals surface area (Å²) >= 11 is 5.74. The van der Waals surface area contributed by atoms with E-state index in [0.717, 1.165) is 17.7 Å². The van der Waals surface area contributed by atoms with Gasteiger partial charge in [0.2, 0.25) is 5.91 Å². The van der Waals surface area contributed by atoms with E-state index >= 15 is 0 Å². The van der Waals surface area contributed by atoms with Crippen LogP contribution in [0.4, 0.5) is 0 Å². The van der Waals surface area contributed by atoms with E-state index in [-0.39, 0.29) is 11.3 Å². The highest BCUT2D eigenvalue weighted by Gasteiger charge is 2.18. The predicted molar refractivity (Wildman–Crippen MR) is 78.8 cm³/mol. The molecular formula is C15H22ClNO2. The van der Waals surface area contributed by atoms with Gasteiger partial charge < -0.3 is 10.1 Å². The molecule has 0 saturated heterocycles. The summed E-state index contributed by atoms with van der Waals surface area (Å²) in [6, 6.07) is 7.56. The molecule has 0 aromatic heterocycles. The summed E-state index contributed by atoms with van der Waals surface area (Å²) in [5.74, 6) is 1.36. The summed E-state index contributed by atoms with van der Waals surface area (Å²) < 4.78 is 5.23. The number of ether oxygens (including phenoxy) is 1. The van der Waals surface area contributed by atoms with E-state index in [0.29, 0.717) is 18.8 Å². The number of para-hydroxylation sites is 1. The summed E-state index contributed by atoms with van der Waals surface area (Å²) in [5.41, 5.74) is 0.927. The van der Waals surface area contributed by atoms with Gasteiger partial charge in [-0.25, -0.2) is 0 Å². The Morgan fingerprint density at radius 3 is 2.68 bits per heavy atom. The van der Waals surface area contributed by atoms with E-state index in [1.807, 2.05) is 24.3 Å². The first-order valence-electron chi connectivity index (χ1n) is 6.43.